The lowest BCUT2D eigenvalue weighted by atomic mass is 10.1. The summed E-state index contributed by atoms with van der Waals surface area (Å²) >= 11 is 0. The zero-order valence-electron chi connectivity index (χ0n) is 15.0. The van der Waals surface area contributed by atoms with Gasteiger partial charge in [0.2, 0.25) is 0 Å². The maximum absolute atomic E-state index is 14.5. The molecule has 2 heterocycles. The van der Waals surface area contributed by atoms with Gasteiger partial charge in [0.1, 0.15) is 5.82 Å². The minimum absolute atomic E-state index is 0.185. The SMILES string of the molecule is CCCC(NC(=O)c1ccc(N2CCOCC2)c(F)c1)c1ccccn1. The number of pyridine rings is 1. The molecule has 1 amide bonds. The van der Waals surface area contributed by atoms with Crippen LogP contribution < -0.4 is 10.2 Å². The van der Waals surface area contributed by atoms with Crippen LogP contribution in [0, 0.1) is 5.82 Å². The summed E-state index contributed by atoms with van der Waals surface area (Å²) in [5.74, 6) is -0.675. The summed E-state index contributed by atoms with van der Waals surface area (Å²) in [4.78, 5) is 18.9. The molecule has 1 fully saturated rings. The first-order valence-electron chi connectivity index (χ1n) is 9.03. The van der Waals surface area contributed by atoms with Crippen LogP contribution in [0.25, 0.3) is 0 Å². The fourth-order valence-corrected chi connectivity index (χ4v) is 3.12. The van der Waals surface area contributed by atoms with Crippen molar-refractivity contribution in [1.82, 2.24) is 10.3 Å². The van der Waals surface area contributed by atoms with Crippen LogP contribution in [0.5, 0.6) is 0 Å². The number of ether oxygens (including phenoxy) is 1. The number of nitrogens with zero attached hydrogens (tertiary/aromatic N) is 2. The molecule has 0 spiro atoms. The Balaban J connectivity index is 1.73. The van der Waals surface area contributed by atoms with E-state index in [1.54, 1.807) is 18.3 Å². The van der Waals surface area contributed by atoms with Crippen LogP contribution in [0.15, 0.2) is 42.6 Å². The highest BCUT2D eigenvalue weighted by atomic mass is 19.1. The fraction of sp³-hybridized carbons (Fsp3) is 0.400. The van der Waals surface area contributed by atoms with Crippen LogP contribution in [0.2, 0.25) is 0 Å². The third kappa shape index (κ3) is 4.38. The zero-order chi connectivity index (χ0) is 18.4. The van der Waals surface area contributed by atoms with Crippen LogP contribution in [-0.2, 0) is 4.74 Å². The second-order valence-corrected chi connectivity index (χ2v) is 6.33. The third-order valence-corrected chi connectivity index (χ3v) is 4.49. The number of halogens is 1. The molecular formula is C20H24FN3O2. The van der Waals surface area contributed by atoms with E-state index in [0.717, 1.165) is 18.5 Å². The second kappa shape index (κ2) is 8.76. The molecule has 2 aromatic rings. The Bertz CT molecular complexity index is 733. The van der Waals surface area contributed by atoms with E-state index in [-0.39, 0.29) is 17.8 Å². The minimum atomic E-state index is -0.385. The van der Waals surface area contributed by atoms with Gasteiger partial charge in [0.15, 0.2) is 0 Å². The Hall–Kier alpha value is -2.47. The number of carbonyl (C=O) groups is 1. The maximum Gasteiger partial charge on any atom is 0.251 e. The van der Waals surface area contributed by atoms with E-state index >= 15 is 0 Å². The number of amides is 1. The summed E-state index contributed by atoms with van der Waals surface area (Å²) in [6.07, 6.45) is 3.39. The van der Waals surface area contributed by atoms with Crippen molar-refractivity contribution in [2.45, 2.75) is 25.8 Å². The summed E-state index contributed by atoms with van der Waals surface area (Å²) in [5.41, 5.74) is 1.64. The van der Waals surface area contributed by atoms with Crippen LogP contribution in [0.1, 0.15) is 41.9 Å². The quantitative estimate of drug-likeness (QED) is 0.862. The highest BCUT2D eigenvalue weighted by Crippen LogP contribution is 2.23. The van der Waals surface area contributed by atoms with Gasteiger partial charge >= 0.3 is 0 Å². The fourth-order valence-electron chi connectivity index (χ4n) is 3.12. The summed E-state index contributed by atoms with van der Waals surface area (Å²) in [6, 6.07) is 10.1. The van der Waals surface area contributed by atoms with Gasteiger partial charge in [0.25, 0.3) is 5.91 Å². The third-order valence-electron chi connectivity index (χ3n) is 4.49. The maximum atomic E-state index is 14.5. The zero-order valence-corrected chi connectivity index (χ0v) is 15.0. The Kier molecular flexibility index (Phi) is 6.17. The molecule has 6 heteroatoms. The van der Waals surface area contributed by atoms with Gasteiger partial charge in [-0.1, -0.05) is 19.4 Å². The number of aromatic nitrogens is 1. The molecule has 1 unspecified atom stereocenters. The van der Waals surface area contributed by atoms with Crippen molar-refractivity contribution in [3.8, 4) is 0 Å². The van der Waals surface area contributed by atoms with Crippen LogP contribution in [-0.4, -0.2) is 37.2 Å². The number of nitrogens with one attached hydrogen (secondary N) is 1. The van der Waals surface area contributed by atoms with Crippen molar-refractivity contribution in [1.29, 1.82) is 0 Å². The molecular weight excluding hydrogens is 333 g/mol. The van der Waals surface area contributed by atoms with Gasteiger partial charge in [-0.05, 0) is 36.8 Å². The molecule has 0 radical (unpaired) electrons. The molecule has 26 heavy (non-hydrogen) atoms. The molecule has 3 rings (SSSR count). The highest BCUT2D eigenvalue weighted by molar-refractivity contribution is 5.94. The molecule has 138 valence electrons. The lowest BCUT2D eigenvalue weighted by Gasteiger charge is -2.29. The number of carbonyl (C=O) groups excluding carboxylic acids is 1. The predicted octanol–water partition coefficient (Wildman–Crippen LogP) is 3.33. The smallest absolute Gasteiger partial charge is 0.251 e. The minimum Gasteiger partial charge on any atom is -0.378 e. The number of benzene rings is 1. The van der Waals surface area contributed by atoms with Gasteiger partial charge in [0, 0.05) is 24.8 Å². The molecule has 1 aliphatic rings. The first-order valence-corrected chi connectivity index (χ1v) is 9.03. The molecule has 0 bridgehead atoms. The van der Waals surface area contributed by atoms with Crippen molar-refractivity contribution in [3.63, 3.8) is 0 Å². The molecule has 0 aliphatic carbocycles. The Morgan fingerprint density at radius 1 is 1.31 bits per heavy atom. The predicted molar refractivity (Wildman–Crippen MR) is 98.8 cm³/mol. The summed E-state index contributed by atoms with van der Waals surface area (Å²) in [6.45, 7) is 4.54. The summed E-state index contributed by atoms with van der Waals surface area (Å²) < 4.78 is 19.8. The van der Waals surface area contributed by atoms with E-state index < -0.39 is 0 Å². The van der Waals surface area contributed by atoms with Gasteiger partial charge in [-0.3, -0.25) is 9.78 Å². The number of morpholine rings is 1. The highest BCUT2D eigenvalue weighted by Gasteiger charge is 2.19. The van der Waals surface area contributed by atoms with E-state index in [1.165, 1.54) is 6.07 Å². The van der Waals surface area contributed by atoms with Gasteiger partial charge in [-0.2, -0.15) is 0 Å². The standard InChI is InChI=1S/C20H24FN3O2/c1-2-5-18(17-6-3-4-9-22-17)23-20(25)15-7-8-19(16(21)14-15)24-10-12-26-13-11-24/h3-4,6-9,14,18H,2,5,10-13H2,1H3,(H,23,25). The average Bonchev–Trinajstić information content (AvgIpc) is 2.69. The van der Waals surface area contributed by atoms with E-state index in [1.807, 2.05) is 23.1 Å². The molecule has 1 N–H and O–H groups in total. The first kappa shape index (κ1) is 18.3. The molecule has 5 nitrogen and oxygen atoms in total. The van der Waals surface area contributed by atoms with Gasteiger partial charge in [-0.25, -0.2) is 4.39 Å². The van der Waals surface area contributed by atoms with Crippen LogP contribution >= 0.6 is 0 Å². The normalized spacial score (nSPS) is 15.5. The second-order valence-electron chi connectivity index (χ2n) is 6.33. The molecule has 1 aliphatic heterocycles. The van der Waals surface area contributed by atoms with E-state index in [9.17, 15) is 9.18 Å². The summed E-state index contributed by atoms with van der Waals surface area (Å²) in [5, 5.41) is 2.98. The topological polar surface area (TPSA) is 54.5 Å². The van der Waals surface area contributed by atoms with E-state index in [2.05, 4.69) is 17.2 Å². The Labute approximate surface area is 153 Å². The summed E-state index contributed by atoms with van der Waals surface area (Å²) in [7, 11) is 0. The van der Waals surface area contributed by atoms with Gasteiger partial charge < -0.3 is 15.0 Å². The van der Waals surface area contributed by atoms with Crippen LogP contribution in [0.4, 0.5) is 10.1 Å². The van der Waals surface area contributed by atoms with Gasteiger partial charge in [-0.15, -0.1) is 0 Å². The van der Waals surface area contributed by atoms with E-state index in [4.69, 9.17) is 4.74 Å². The number of hydrogen-bond acceptors (Lipinski definition) is 4. The number of anilines is 1. The van der Waals surface area contributed by atoms with E-state index in [0.29, 0.717) is 37.6 Å². The lowest BCUT2D eigenvalue weighted by Crippen LogP contribution is -2.36. The number of hydrogen-bond donors (Lipinski definition) is 1. The largest absolute Gasteiger partial charge is 0.378 e. The molecule has 1 atom stereocenters. The molecule has 1 aromatic carbocycles. The van der Waals surface area contributed by atoms with Crippen molar-refractivity contribution >= 4 is 11.6 Å². The molecule has 0 saturated carbocycles. The monoisotopic (exact) mass is 357 g/mol. The Morgan fingerprint density at radius 2 is 2.12 bits per heavy atom. The van der Waals surface area contributed by atoms with Crippen molar-refractivity contribution in [3.05, 3.63) is 59.7 Å². The van der Waals surface area contributed by atoms with Crippen LogP contribution in [0.3, 0.4) is 0 Å². The van der Waals surface area contributed by atoms with Crippen molar-refractivity contribution in [2.24, 2.45) is 0 Å². The number of rotatable bonds is 6. The van der Waals surface area contributed by atoms with Crippen molar-refractivity contribution < 1.29 is 13.9 Å². The molecule has 1 saturated heterocycles. The van der Waals surface area contributed by atoms with Gasteiger partial charge in [0.05, 0.1) is 30.6 Å². The average molecular weight is 357 g/mol. The Morgan fingerprint density at radius 3 is 2.77 bits per heavy atom. The lowest BCUT2D eigenvalue weighted by molar-refractivity contribution is 0.0933. The first-order chi connectivity index (χ1) is 12.7. The van der Waals surface area contributed by atoms with Crippen molar-refractivity contribution in [2.75, 3.05) is 31.2 Å². The molecule has 1 aromatic heterocycles.